The summed E-state index contributed by atoms with van der Waals surface area (Å²) in [4.78, 5) is 26.7. The van der Waals surface area contributed by atoms with E-state index in [9.17, 15) is 9.59 Å². The third-order valence-electron chi connectivity index (χ3n) is 2.64. The van der Waals surface area contributed by atoms with Gasteiger partial charge in [0.25, 0.3) is 5.91 Å². The summed E-state index contributed by atoms with van der Waals surface area (Å²) in [6, 6.07) is 7.02. The largest absolute Gasteiger partial charge is 0.466 e. The number of carbonyl (C=O) groups is 2. The number of hydrogen-bond donors (Lipinski definition) is 3. The molecule has 2 amide bonds. The van der Waals surface area contributed by atoms with Gasteiger partial charge in [-0.15, -0.1) is 5.10 Å². The number of H-pyrrole nitrogens is 1. The summed E-state index contributed by atoms with van der Waals surface area (Å²) in [6.45, 7) is 1.88. The number of amides is 2. The van der Waals surface area contributed by atoms with Gasteiger partial charge in [-0.05, 0) is 17.7 Å². The molecule has 0 saturated heterocycles. The summed E-state index contributed by atoms with van der Waals surface area (Å²) in [6.07, 6.45) is 0. The van der Waals surface area contributed by atoms with Gasteiger partial charge in [-0.25, -0.2) is 5.10 Å². The lowest BCUT2D eigenvalue weighted by Gasteiger charge is -2.04. The minimum atomic E-state index is -0.320. The highest BCUT2D eigenvalue weighted by molar-refractivity contribution is 6.03. The highest BCUT2D eigenvalue weighted by Gasteiger charge is 2.09. The van der Waals surface area contributed by atoms with E-state index in [1.807, 2.05) is 0 Å². The lowest BCUT2D eigenvalue weighted by atomic mass is 10.1. The number of benzene rings is 1. The van der Waals surface area contributed by atoms with E-state index in [4.69, 9.17) is 4.74 Å². The first kappa shape index (κ1) is 14.5. The quantitative estimate of drug-likeness (QED) is 0.750. The fourth-order valence-corrected chi connectivity index (χ4v) is 1.57. The van der Waals surface area contributed by atoms with Gasteiger partial charge < -0.3 is 10.1 Å². The number of nitrogens with zero attached hydrogens (tertiary/aromatic N) is 2. The Morgan fingerprint density at radius 2 is 2.00 bits per heavy atom. The van der Waals surface area contributed by atoms with Gasteiger partial charge in [0.05, 0.1) is 7.11 Å². The molecule has 0 radical (unpaired) electrons. The van der Waals surface area contributed by atoms with E-state index in [0.717, 1.165) is 5.56 Å². The number of ether oxygens (including phenoxy) is 1. The number of methoxy groups -OCH3 is 1. The first-order valence-electron chi connectivity index (χ1n) is 6.19. The number of aromatic nitrogens is 3. The second-order valence-corrected chi connectivity index (χ2v) is 4.23. The molecule has 8 nitrogen and oxygen atoms in total. The molecule has 110 valence electrons. The van der Waals surface area contributed by atoms with Gasteiger partial charge in [0.2, 0.25) is 11.9 Å². The fraction of sp³-hybridized carbons (Fsp3) is 0.231. The van der Waals surface area contributed by atoms with Crippen LogP contribution in [0.4, 0.5) is 5.95 Å². The van der Waals surface area contributed by atoms with Crippen molar-refractivity contribution in [2.24, 2.45) is 0 Å². The van der Waals surface area contributed by atoms with Gasteiger partial charge in [-0.1, -0.05) is 12.1 Å². The van der Waals surface area contributed by atoms with Crippen molar-refractivity contribution in [1.82, 2.24) is 20.5 Å². The zero-order chi connectivity index (χ0) is 15.2. The molecule has 1 heterocycles. The summed E-state index contributed by atoms with van der Waals surface area (Å²) in [5.74, 6) is -0.213. The Bertz CT molecular complexity index is 636. The van der Waals surface area contributed by atoms with E-state index in [1.54, 1.807) is 24.3 Å². The molecular formula is C13H15N5O3. The van der Waals surface area contributed by atoms with E-state index in [2.05, 4.69) is 25.8 Å². The zero-order valence-corrected chi connectivity index (χ0v) is 11.6. The van der Waals surface area contributed by atoms with E-state index >= 15 is 0 Å². The van der Waals surface area contributed by atoms with Crippen molar-refractivity contribution in [3.63, 3.8) is 0 Å². The van der Waals surface area contributed by atoms with Crippen LogP contribution < -0.4 is 15.4 Å². The van der Waals surface area contributed by atoms with Gasteiger partial charge in [-0.3, -0.25) is 14.9 Å². The van der Waals surface area contributed by atoms with Crippen molar-refractivity contribution in [1.29, 1.82) is 0 Å². The average molecular weight is 289 g/mol. The van der Waals surface area contributed by atoms with Crippen LogP contribution in [0, 0.1) is 0 Å². The van der Waals surface area contributed by atoms with Crippen molar-refractivity contribution in [3.8, 4) is 6.01 Å². The third kappa shape index (κ3) is 4.03. The average Bonchev–Trinajstić information content (AvgIpc) is 2.93. The number of nitrogens with one attached hydrogen (secondary N) is 3. The first-order chi connectivity index (χ1) is 10.1. The van der Waals surface area contributed by atoms with Gasteiger partial charge in [0, 0.05) is 19.0 Å². The third-order valence-corrected chi connectivity index (χ3v) is 2.64. The highest BCUT2D eigenvalue weighted by Crippen LogP contribution is 2.09. The molecule has 2 rings (SSSR count). The summed E-state index contributed by atoms with van der Waals surface area (Å²) in [5, 5.41) is 11.5. The van der Waals surface area contributed by atoms with Crippen LogP contribution in [0.3, 0.4) is 0 Å². The molecule has 3 N–H and O–H groups in total. The Morgan fingerprint density at radius 3 is 2.57 bits per heavy atom. The van der Waals surface area contributed by atoms with E-state index in [0.29, 0.717) is 12.1 Å². The number of anilines is 1. The Balaban J connectivity index is 1.97. The molecule has 1 aromatic carbocycles. The Labute approximate surface area is 120 Å². The van der Waals surface area contributed by atoms with Gasteiger partial charge in [-0.2, -0.15) is 4.98 Å². The zero-order valence-electron chi connectivity index (χ0n) is 11.6. The fourth-order valence-electron chi connectivity index (χ4n) is 1.57. The number of rotatable bonds is 5. The molecule has 0 atom stereocenters. The molecule has 0 fully saturated rings. The van der Waals surface area contributed by atoms with E-state index in [1.165, 1.54) is 14.0 Å². The molecule has 0 spiro atoms. The summed E-state index contributed by atoms with van der Waals surface area (Å²) in [5.41, 5.74) is 1.38. The molecule has 2 aromatic rings. The predicted octanol–water partition coefficient (Wildman–Crippen LogP) is 0.702. The van der Waals surface area contributed by atoms with Gasteiger partial charge in [0.1, 0.15) is 0 Å². The maximum absolute atomic E-state index is 12.0. The van der Waals surface area contributed by atoms with Crippen LogP contribution >= 0.6 is 0 Å². The highest BCUT2D eigenvalue weighted by atomic mass is 16.5. The standard InChI is InChI=1S/C13H15N5O3/c1-8(19)14-7-9-3-5-10(6-4-9)11(20)15-12-16-13(21-2)18-17-12/h3-6H,7H2,1-2H3,(H,14,19)(H2,15,16,17,18,20). The normalized spacial score (nSPS) is 10.0. The van der Waals surface area contributed by atoms with Gasteiger partial charge >= 0.3 is 6.01 Å². The molecule has 21 heavy (non-hydrogen) atoms. The molecule has 0 aliphatic heterocycles. The van der Waals surface area contributed by atoms with Crippen LogP contribution in [0.15, 0.2) is 24.3 Å². The Kier molecular flexibility index (Phi) is 4.50. The van der Waals surface area contributed by atoms with Crippen molar-refractivity contribution in [2.45, 2.75) is 13.5 Å². The van der Waals surface area contributed by atoms with Crippen molar-refractivity contribution in [2.75, 3.05) is 12.4 Å². The SMILES string of the molecule is COc1n[nH]c(NC(=O)c2ccc(CNC(C)=O)cc2)n1. The molecule has 1 aromatic heterocycles. The molecule has 0 unspecified atom stereocenters. The summed E-state index contributed by atoms with van der Waals surface area (Å²) >= 11 is 0. The van der Waals surface area contributed by atoms with Crippen LogP contribution in [0.5, 0.6) is 6.01 Å². The number of aromatic amines is 1. The lowest BCUT2D eigenvalue weighted by Crippen LogP contribution is -2.19. The summed E-state index contributed by atoms with van der Waals surface area (Å²) < 4.78 is 4.80. The van der Waals surface area contributed by atoms with Crippen LogP contribution in [-0.2, 0) is 11.3 Å². The first-order valence-corrected chi connectivity index (χ1v) is 6.19. The van der Waals surface area contributed by atoms with E-state index < -0.39 is 0 Å². The molecular weight excluding hydrogens is 274 g/mol. The Morgan fingerprint density at radius 1 is 1.29 bits per heavy atom. The molecule has 0 aliphatic rings. The topological polar surface area (TPSA) is 109 Å². The molecule has 0 aliphatic carbocycles. The second kappa shape index (κ2) is 6.51. The van der Waals surface area contributed by atoms with Crippen LogP contribution in [0.1, 0.15) is 22.8 Å². The van der Waals surface area contributed by atoms with Crippen molar-refractivity contribution >= 4 is 17.8 Å². The maximum atomic E-state index is 12.0. The molecule has 0 saturated carbocycles. The Hall–Kier alpha value is -2.90. The number of hydrogen-bond acceptors (Lipinski definition) is 5. The van der Waals surface area contributed by atoms with Gasteiger partial charge in [0.15, 0.2) is 0 Å². The van der Waals surface area contributed by atoms with Crippen LogP contribution in [0.25, 0.3) is 0 Å². The summed E-state index contributed by atoms with van der Waals surface area (Å²) in [7, 11) is 1.43. The van der Waals surface area contributed by atoms with Crippen molar-refractivity contribution < 1.29 is 14.3 Å². The maximum Gasteiger partial charge on any atom is 0.336 e. The van der Waals surface area contributed by atoms with Crippen molar-refractivity contribution in [3.05, 3.63) is 35.4 Å². The smallest absolute Gasteiger partial charge is 0.336 e. The second-order valence-electron chi connectivity index (χ2n) is 4.23. The van der Waals surface area contributed by atoms with Crippen LogP contribution in [0.2, 0.25) is 0 Å². The molecule has 8 heteroatoms. The monoisotopic (exact) mass is 289 g/mol. The minimum Gasteiger partial charge on any atom is -0.466 e. The number of carbonyl (C=O) groups excluding carboxylic acids is 2. The lowest BCUT2D eigenvalue weighted by molar-refractivity contribution is -0.119. The van der Waals surface area contributed by atoms with Crippen LogP contribution in [-0.4, -0.2) is 34.1 Å². The minimum absolute atomic E-state index is 0.101. The molecule has 0 bridgehead atoms. The van der Waals surface area contributed by atoms with E-state index in [-0.39, 0.29) is 23.8 Å². The predicted molar refractivity (Wildman–Crippen MR) is 74.9 cm³/mol.